The number of aliphatic hydroxyl groups excluding tert-OH is 1. The number of rotatable bonds is 10. The standard InChI is InChI=1S/C31H33GeN2S.C13H24O2.Ir/c1-31(2)14-12-20(13-15-31)21-10-11-25-27(18-21)35-30-28(33-19-34-29(25)30)23-16-22-8-6-7-9-24(22)26(17-23)32(3,4)5;1-5-10(6-2)12(14)9-13(15)11(7-3)8-4;/h6-11,17-20H,12-15H2,1-5H3;9-11,14H,5-8H2,1-4H3;/q-1;;/b;12-9-;. The molecule has 1 aliphatic carbocycles. The molecule has 51 heavy (non-hydrogen) atoms. The Hall–Kier alpha value is -2.38. The third-order valence-electron chi connectivity index (χ3n) is 11.0. The average molecular weight is 943 g/mol. The predicted molar refractivity (Wildman–Crippen MR) is 219 cm³/mol. The maximum atomic E-state index is 11.7. The second-order valence-corrected chi connectivity index (χ2v) is 27.7. The van der Waals surface area contributed by atoms with Crippen LogP contribution in [0.4, 0.5) is 0 Å². The summed E-state index contributed by atoms with van der Waals surface area (Å²) in [5.74, 6) is 8.63. The first kappa shape index (κ1) is 41.4. The Kier molecular flexibility index (Phi) is 14.3. The molecule has 0 bridgehead atoms. The van der Waals surface area contributed by atoms with Crippen LogP contribution in [0.25, 0.3) is 42.3 Å². The van der Waals surface area contributed by atoms with Gasteiger partial charge in [0, 0.05) is 38.0 Å². The van der Waals surface area contributed by atoms with Gasteiger partial charge in [-0.15, -0.1) is 0 Å². The normalized spacial score (nSPS) is 15.3. The number of benzene rings is 3. The first-order valence-electron chi connectivity index (χ1n) is 18.9. The first-order chi connectivity index (χ1) is 23.8. The number of aliphatic hydroxyl groups is 1. The van der Waals surface area contributed by atoms with Gasteiger partial charge < -0.3 is 5.11 Å². The molecule has 5 aromatic rings. The third kappa shape index (κ3) is 9.60. The summed E-state index contributed by atoms with van der Waals surface area (Å²) in [5, 5.41) is 13.6. The van der Waals surface area contributed by atoms with Gasteiger partial charge in [0.15, 0.2) is 5.78 Å². The van der Waals surface area contributed by atoms with E-state index < -0.39 is 13.3 Å². The van der Waals surface area contributed by atoms with Crippen LogP contribution in [0.15, 0.2) is 66.7 Å². The minimum Gasteiger partial charge on any atom is -0.512 e. The van der Waals surface area contributed by atoms with Crippen LogP contribution in [0.5, 0.6) is 0 Å². The van der Waals surface area contributed by atoms with Crippen LogP contribution in [0, 0.1) is 23.3 Å². The molecule has 0 unspecified atom stereocenters. The molecule has 6 rings (SSSR count). The molecule has 1 saturated carbocycles. The van der Waals surface area contributed by atoms with Gasteiger partial charge in [0.25, 0.3) is 0 Å². The van der Waals surface area contributed by atoms with Crippen molar-refractivity contribution < 1.29 is 30.0 Å². The molecule has 1 aliphatic rings. The number of allylic oxidation sites excluding steroid dienone is 2. The van der Waals surface area contributed by atoms with Crippen molar-refractivity contribution in [2.75, 3.05) is 0 Å². The molecule has 3 aromatic carbocycles. The number of carbonyl (C=O) groups excluding carboxylic acids is 1. The summed E-state index contributed by atoms with van der Waals surface area (Å²) >= 11 is -0.263. The van der Waals surface area contributed by atoms with Crippen molar-refractivity contribution in [3.05, 3.63) is 78.3 Å². The van der Waals surface area contributed by atoms with Crippen LogP contribution < -0.4 is 4.40 Å². The van der Waals surface area contributed by atoms with Crippen LogP contribution in [-0.2, 0) is 24.9 Å². The van der Waals surface area contributed by atoms with Gasteiger partial charge in [-0.3, -0.25) is 4.79 Å². The van der Waals surface area contributed by atoms with Gasteiger partial charge >= 0.3 is 197 Å². The van der Waals surface area contributed by atoms with Crippen molar-refractivity contribution >= 4 is 65.9 Å². The van der Waals surface area contributed by atoms with Crippen molar-refractivity contribution in [3.8, 4) is 11.3 Å². The second kappa shape index (κ2) is 17.6. The van der Waals surface area contributed by atoms with E-state index in [1.165, 1.54) is 67.3 Å². The van der Waals surface area contributed by atoms with Gasteiger partial charge in [0.2, 0.25) is 0 Å². The van der Waals surface area contributed by atoms with E-state index in [4.69, 9.17) is 9.97 Å². The van der Waals surface area contributed by atoms with Gasteiger partial charge in [0.05, 0.1) is 5.76 Å². The Balaban J connectivity index is 0.000000312. The van der Waals surface area contributed by atoms with Crippen molar-refractivity contribution in [1.82, 2.24) is 9.97 Å². The number of hydrogen-bond donors (Lipinski definition) is 1. The molecule has 1 radical (unpaired) electrons. The quantitative estimate of drug-likeness (QED) is 0.0656. The number of aromatic nitrogens is 2. The molecule has 1 N–H and O–H groups in total. The van der Waals surface area contributed by atoms with E-state index in [2.05, 4.69) is 85.7 Å². The summed E-state index contributed by atoms with van der Waals surface area (Å²) in [7, 11) is 0. The third-order valence-corrected chi connectivity index (χ3v) is 16.4. The summed E-state index contributed by atoms with van der Waals surface area (Å²) in [6, 6.07) is 21.9. The van der Waals surface area contributed by atoms with Gasteiger partial charge in [-0.1, -0.05) is 41.5 Å². The molecular weight excluding hydrogens is 885 g/mol. The van der Waals surface area contributed by atoms with Crippen LogP contribution in [-0.4, -0.2) is 34.1 Å². The van der Waals surface area contributed by atoms with E-state index in [0.717, 1.165) is 42.5 Å². The Labute approximate surface area is 326 Å². The molecule has 7 heteroatoms. The van der Waals surface area contributed by atoms with Crippen molar-refractivity contribution in [2.24, 2.45) is 17.3 Å². The van der Waals surface area contributed by atoms with Gasteiger partial charge in [-0.25, -0.2) is 0 Å². The molecule has 1 fully saturated rings. The molecule has 0 spiro atoms. The second-order valence-electron chi connectivity index (χ2n) is 16.1. The topological polar surface area (TPSA) is 63.1 Å². The summed E-state index contributed by atoms with van der Waals surface area (Å²) in [5.41, 5.74) is 5.19. The van der Waals surface area contributed by atoms with Crippen molar-refractivity contribution in [3.63, 3.8) is 0 Å². The summed E-state index contributed by atoms with van der Waals surface area (Å²) in [6.45, 7) is 12.9. The first-order valence-corrected chi connectivity index (χ1v) is 27.0. The number of carbonyl (C=O) groups is 1. The summed E-state index contributed by atoms with van der Waals surface area (Å²) in [6.07, 6.45) is 11.9. The van der Waals surface area contributed by atoms with E-state index >= 15 is 0 Å². The Bertz CT molecular complexity index is 1970. The zero-order chi connectivity index (χ0) is 36.2. The van der Waals surface area contributed by atoms with Crippen LogP contribution in [0.2, 0.25) is 17.3 Å². The van der Waals surface area contributed by atoms with E-state index in [0.29, 0.717) is 11.3 Å². The number of nitrogens with zero attached hydrogens (tertiary/aromatic N) is 2. The molecule has 0 saturated heterocycles. The maximum absolute atomic E-state index is 11.7. The number of thiophene rings is 1. The number of fused-ring (bicyclic) bond motifs is 4. The van der Waals surface area contributed by atoms with Crippen molar-refractivity contribution in [2.45, 2.75) is 116 Å². The fraction of sp³-hybridized carbons (Fsp3) is 0.477. The molecule has 2 heterocycles. The smallest absolute Gasteiger partial charge is 0.512 e. The molecule has 0 amide bonds. The van der Waals surface area contributed by atoms with E-state index in [1.807, 2.05) is 39.0 Å². The number of ketones is 1. The summed E-state index contributed by atoms with van der Waals surface area (Å²) in [4.78, 5) is 21.3. The van der Waals surface area contributed by atoms with Crippen LogP contribution in [0.1, 0.15) is 104 Å². The Morgan fingerprint density at radius 3 is 2.22 bits per heavy atom. The SMILES string of the molecule is CC1(C)CCC(c2ccc3c(c2)sc2c(-c4[c-]c5ccccc5[c]([Ge]([CH3])([CH3])[CH3])c4)ncnc23)CC1.CCC(CC)C(=O)/C=C(\O)C(CC)CC.[Ir]. The van der Waals surface area contributed by atoms with Crippen LogP contribution in [0.3, 0.4) is 0 Å². The molecule has 2 aromatic heterocycles. The van der Waals surface area contributed by atoms with Gasteiger partial charge in [-0.05, 0) is 31.1 Å². The zero-order valence-electron chi connectivity index (χ0n) is 32.2. The van der Waals surface area contributed by atoms with E-state index in [1.54, 1.807) is 6.33 Å². The minimum atomic E-state index is -2.11. The van der Waals surface area contributed by atoms with Crippen molar-refractivity contribution in [1.29, 1.82) is 0 Å². The molecular formula is C44H57GeIrN2O2S-. The fourth-order valence-electron chi connectivity index (χ4n) is 7.53. The Morgan fingerprint density at radius 2 is 1.59 bits per heavy atom. The van der Waals surface area contributed by atoms with Crippen LogP contribution >= 0.6 is 11.3 Å². The van der Waals surface area contributed by atoms with E-state index in [9.17, 15) is 9.90 Å². The molecule has 0 aliphatic heterocycles. The zero-order valence-corrected chi connectivity index (χ0v) is 37.5. The fourth-order valence-corrected chi connectivity index (χ4v) is 12.1. The Morgan fingerprint density at radius 1 is 0.941 bits per heavy atom. The minimum absolute atomic E-state index is 0. The monoisotopic (exact) mass is 944 g/mol. The van der Waals surface area contributed by atoms with Gasteiger partial charge in [0.1, 0.15) is 0 Å². The molecule has 0 atom stereocenters. The molecule has 4 nitrogen and oxygen atoms in total. The van der Waals surface area contributed by atoms with Gasteiger partial charge in [-0.2, -0.15) is 0 Å². The average Bonchev–Trinajstić information content (AvgIpc) is 3.47. The summed E-state index contributed by atoms with van der Waals surface area (Å²) < 4.78 is 4.03. The predicted octanol–water partition coefficient (Wildman–Crippen LogP) is 12.6. The van der Waals surface area contributed by atoms with E-state index in [-0.39, 0.29) is 43.5 Å². The number of hydrogen-bond acceptors (Lipinski definition) is 5. The molecule has 275 valence electrons.